The second-order valence-corrected chi connectivity index (χ2v) is 3.26. The number of hydrogen-bond acceptors (Lipinski definition) is 3. The minimum atomic E-state index is -0.711. The molecule has 0 aromatic heterocycles. The average molecular weight is 208 g/mol. The first kappa shape index (κ1) is 11.6. The Labute approximate surface area is 88.2 Å². The highest BCUT2D eigenvalue weighted by molar-refractivity contribution is 5.30. The van der Waals surface area contributed by atoms with Crippen molar-refractivity contribution >= 4 is 0 Å². The van der Waals surface area contributed by atoms with Gasteiger partial charge in [0.1, 0.15) is 11.9 Å². The first-order valence-electron chi connectivity index (χ1n) is 4.69. The van der Waals surface area contributed by atoms with E-state index in [4.69, 9.17) is 10.4 Å². The second kappa shape index (κ2) is 5.44. The first-order valence-corrected chi connectivity index (χ1v) is 4.69. The SMILES string of the molecule is Cc1ccc(F)c(C(C#N)NCCO)c1. The average Bonchev–Trinajstić information content (AvgIpc) is 2.24. The van der Waals surface area contributed by atoms with E-state index in [2.05, 4.69) is 5.32 Å². The zero-order chi connectivity index (χ0) is 11.3. The predicted octanol–water partition coefficient (Wildman–Crippen LogP) is 1.28. The molecule has 0 amide bonds. The van der Waals surface area contributed by atoms with Gasteiger partial charge in [0.25, 0.3) is 0 Å². The zero-order valence-corrected chi connectivity index (χ0v) is 8.50. The lowest BCUT2D eigenvalue weighted by Crippen LogP contribution is -2.24. The molecule has 0 saturated carbocycles. The number of nitrogens with zero attached hydrogens (tertiary/aromatic N) is 1. The molecular formula is C11H13FN2O. The van der Waals surface area contributed by atoms with Crippen molar-refractivity contribution in [3.05, 3.63) is 35.1 Å². The highest BCUT2D eigenvalue weighted by atomic mass is 19.1. The van der Waals surface area contributed by atoms with Crippen LogP contribution in [0.3, 0.4) is 0 Å². The topological polar surface area (TPSA) is 56.0 Å². The van der Waals surface area contributed by atoms with Crippen LogP contribution < -0.4 is 5.32 Å². The van der Waals surface area contributed by atoms with Crippen LogP contribution in [0.2, 0.25) is 0 Å². The number of hydrogen-bond donors (Lipinski definition) is 2. The molecule has 0 radical (unpaired) electrons. The molecular weight excluding hydrogens is 195 g/mol. The molecule has 4 heteroatoms. The Kier molecular flexibility index (Phi) is 4.22. The van der Waals surface area contributed by atoms with Crippen molar-refractivity contribution in [2.45, 2.75) is 13.0 Å². The second-order valence-electron chi connectivity index (χ2n) is 3.26. The van der Waals surface area contributed by atoms with E-state index in [9.17, 15) is 4.39 Å². The maximum atomic E-state index is 13.4. The van der Waals surface area contributed by atoms with Crippen molar-refractivity contribution in [2.24, 2.45) is 0 Å². The number of aliphatic hydroxyl groups is 1. The maximum Gasteiger partial charge on any atom is 0.129 e. The molecule has 1 aromatic rings. The van der Waals surface area contributed by atoms with Crippen LogP contribution >= 0.6 is 0 Å². The molecule has 80 valence electrons. The maximum absolute atomic E-state index is 13.4. The monoisotopic (exact) mass is 208 g/mol. The summed E-state index contributed by atoms with van der Waals surface area (Å²) in [6, 6.07) is 5.88. The van der Waals surface area contributed by atoms with Gasteiger partial charge in [-0.25, -0.2) is 4.39 Å². The number of aliphatic hydroxyl groups excluding tert-OH is 1. The lowest BCUT2D eigenvalue weighted by molar-refractivity contribution is 0.288. The summed E-state index contributed by atoms with van der Waals surface area (Å²) in [4.78, 5) is 0. The Bertz CT molecular complexity index is 373. The van der Waals surface area contributed by atoms with Crippen LogP contribution in [0.4, 0.5) is 4.39 Å². The van der Waals surface area contributed by atoms with Gasteiger partial charge in [0, 0.05) is 12.1 Å². The summed E-state index contributed by atoms with van der Waals surface area (Å²) >= 11 is 0. The van der Waals surface area contributed by atoms with Gasteiger partial charge in [-0.05, 0) is 13.0 Å². The Hall–Kier alpha value is -1.44. The zero-order valence-electron chi connectivity index (χ0n) is 8.50. The first-order chi connectivity index (χ1) is 7.19. The molecule has 0 aliphatic rings. The lowest BCUT2D eigenvalue weighted by Gasteiger charge is -2.12. The minimum absolute atomic E-state index is 0.0778. The van der Waals surface area contributed by atoms with Crippen LogP contribution in [-0.2, 0) is 0 Å². The number of aryl methyl sites for hydroxylation is 1. The fourth-order valence-corrected chi connectivity index (χ4v) is 1.32. The summed E-state index contributed by atoms with van der Waals surface area (Å²) in [5.41, 5.74) is 1.23. The fraction of sp³-hybridized carbons (Fsp3) is 0.364. The van der Waals surface area contributed by atoms with Gasteiger partial charge in [0.05, 0.1) is 12.7 Å². The summed E-state index contributed by atoms with van der Waals surface area (Å²) in [6.07, 6.45) is 0. The molecule has 0 aliphatic carbocycles. The van der Waals surface area contributed by atoms with Crippen LogP contribution in [0.15, 0.2) is 18.2 Å². The van der Waals surface area contributed by atoms with Crippen molar-refractivity contribution < 1.29 is 9.50 Å². The Balaban J connectivity index is 2.91. The van der Waals surface area contributed by atoms with E-state index in [0.29, 0.717) is 5.56 Å². The number of halogens is 1. The van der Waals surface area contributed by atoms with E-state index in [1.165, 1.54) is 6.07 Å². The summed E-state index contributed by atoms with van der Waals surface area (Å²) < 4.78 is 13.4. The third kappa shape index (κ3) is 3.01. The smallest absolute Gasteiger partial charge is 0.129 e. The molecule has 0 heterocycles. The molecule has 1 rings (SSSR count). The van der Waals surface area contributed by atoms with Crippen LogP contribution in [-0.4, -0.2) is 18.3 Å². The van der Waals surface area contributed by atoms with Crippen molar-refractivity contribution in [1.82, 2.24) is 5.32 Å². The predicted molar refractivity (Wildman–Crippen MR) is 54.6 cm³/mol. The molecule has 0 spiro atoms. The van der Waals surface area contributed by atoms with Gasteiger partial charge < -0.3 is 5.11 Å². The molecule has 3 nitrogen and oxygen atoms in total. The van der Waals surface area contributed by atoms with Crippen molar-refractivity contribution in [2.75, 3.05) is 13.2 Å². The standard InChI is InChI=1S/C11H13FN2O/c1-8-2-3-10(12)9(6-8)11(7-13)14-4-5-15/h2-3,6,11,14-15H,4-5H2,1H3. The van der Waals surface area contributed by atoms with Crippen LogP contribution in [0.1, 0.15) is 17.2 Å². The van der Waals surface area contributed by atoms with Gasteiger partial charge >= 0.3 is 0 Å². The Morgan fingerprint density at radius 1 is 1.60 bits per heavy atom. The van der Waals surface area contributed by atoms with Gasteiger partial charge in [-0.2, -0.15) is 5.26 Å². The van der Waals surface area contributed by atoms with E-state index in [0.717, 1.165) is 5.56 Å². The van der Waals surface area contributed by atoms with Gasteiger partial charge in [0.2, 0.25) is 0 Å². The van der Waals surface area contributed by atoms with Gasteiger partial charge in [0.15, 0.2) is 0 Å². The molecule has 0 saturated heterocycles. The molecule has 15 heavy (non-hydrogen) atoms. The number of nitrogens with one attached hydrogen (secondary N) is 1. The van der Waals surface area contributed by atoms with Crippen LogP contribution in [0.25, 0.3) is 0 Å². The fourth-order valence-electron chi connectivity index (χ4n) is 1.32. The van der Waals surface area contributed by atoms with Crippen LogP contribution in [0.5, 0.6) is 0 Å². The van der Waals surface area contributed by atoms with Crippen molar-refractivity contribution in [1.29, 1.82) is 5.26 Å². The minimum Gasteiger partial charge on any atom is -0.395 e. The number of nitriles is 1. The van der Waals surface area contributed by atoms with Crippen molar-refractivity contribution in [3.8, 4) is 6.07 Å². The molecule has 0 bridgehead atoms. The lowest BCUT2D eigenvalue weighted by atomic mass is 10.0. The van der Waals surface area contributed by atoms with Gasteiger partial charge in [-0.1, -0.05) is 17.7 Å². The van der Waals surface area contributed by atoms with E-state index in [-0.39, 0.29) is 13.2 Å². The Morgan fingerprint density at radius 2 is 2.33 bits per heavy atom. The van der Waals surface area contributed by atoms with E-state index < -0.39 is 11.9 Å². The largest absolute Gasteiger partial charge is 0.395 e. The highest BCUT2D eigenvalue weighted by Gasteiger charge is 2.14. The molecule has 1 aromatic carbocycles. The Morgan fingerprint density at radius 3 is 2.93 bits per heavy atom. The summed E-state index contributed by atoms with van der Waals surface area (Å²) in [7, 11) is 0. The summed E-state index contributed by atoms with van der Waals surface area (Å²) in [5.74, 6) is -0.405. The normalized spacial score (nSPS) is 12.1. The molecule has 1 unspecified atom stereocenters. The number of rotatable bonds is 4. The molecule has 0 fully saturated rings. The summed E-state index contributed by atoms with van der Waals surface area (Å²) in [5, 5.41) is 20.2. The van der Waals surface area contributed by atoms with Crippen molar-refractivity contribution in [3.63, 3.8) is 0 Å². The molecule has 2 N–H and O–H groups in total. The van der Waals surface area contributed by atoms with Gasteiger partial charge in [-0.15, -0.1) is 0 Å². The summed E-state index contributed by atoms with van der Waals surface area (Å²) in [6.45, 7) is 2.03. The highest BCUT2D eigenvalue weighted by Crippen LogP contribution is 2.17. The van der Waals surface area contributed by atoms with Gasteiger partial charge in [-0.3, -0.25) is 5.32 Å². The third-order valence-corrected chi connectivity index (χ3v) is 2.05. The quantitative estimate of drug-likeness (QED) is 0.783. The molecule has 1 atom stereocenters. The van der Waals surface area contributed by atoms with E-state index in [1.54, 1.807) is 12.1 Å². The van der Waals surface area contributed by atoms with Crippen LogP contribution in [0, 0.1) is 24.1 Å². The van der Waals surface area contributed by atoms with E-state index >= 15 is 0 Å². The van der Waals surface area contributed by atoms with E-state index in [1.807, 2.05) is 13.0 Å². The number of benzene rings is 1. The molecule has 0 aliphatic heterocycles. The third-order valence-electron chi connectivity index (χ3n) is 2.05.